The fraction of sp³-hybridized carbons (Fsp3) is 0.343. The predicted molar refractivity (Wildman–Crippen MR) is 176 cm³/mol. The lowest BCUT2D eigenvalue weighted by Crippen LogP contribution is -2.54. The van der Waals surface area contributed by atoms with E-state index in [-0.39, 0.29) is 24.0 Å². The molecule has 3 N–H and O–H groups in total. The van der Waals surface area contributed by atoms with Gasteiger partial charge in [-0.15, -0.1) is 0 Å². The number of aryl methyl sites for hydroxylation is 1. The van der Waals surface area contributed by atoms with Crippen molar-refractivity contribution in [3.05, 3.63) is 77.8 Å². The molecule has 7 rings (SSSR count). The number of benzene rings is 2. The van der Waals surface area contributed by atoms with Gasteiger partial charge < -0.3 is 10.6 Å². The molecule has 0 bridgehead atoms. The number of nitrogens with one attached hydrogen (secondary N) is 3. The summed E-state index contributed by atoms with van der Waals surface area (Å²) in [4.78, 5) is 60.2. The average molecular weight is 633 g/mol. The van der Waals surface area contributed by atoms with E-state index in [0.717, 1.165) is 91.2 Å². The van der Waals surface area contributed by atoms with Crippen LogP contribution in [0.5, 0.6) is 0 Å². The van der Waals surface area contributed by atoms with Crippen molar-refractivity contribution in [1.82, 2.24) is 35.3 Å². The second kappa shape index (κ2) is 13.2. The highest BCUT2D eigenvalue weighted by Crippen LogP contribution is 2.30. The van der Waals surface area contributed by atoms with E-state index in [1.165, 1.54) is 11.1 Å². The summed E-state index contributed by atoms with van der Waals surface area (Å²) in [6, 6.07) is 10.4. The lowest BCUT2D eigenvalue weighted by Gasteiger charge is -2.27. The number of carbonyl (C=O) groups is 4. The van der Waals surface area contributed by atoms with E-state index in [2.05, 4.69) is 44.2 Å². The molecule has 47 heavy (non-hydrogen) atoms. The van der Waals surface area contributed by atoms with Gasteiger partial charge in [-0.25, -0.2) is 4.98 Å². The molecule has 1 unspecified atom stereocenters. The number of unbranched alkanes of at least 4 members (excludes halogenated alkanes) is 3. The molecule has 5 heterocycles. The molecule has 2 aromatic carbocycles. The molecule has 2 aromatic heterocycles. The number of fused-ring (bicyclic) bond motifs is 2. The molecule has 4 amide bonds. The minimum atomic E-state index is -0.965. The fourth-order valence-electron chi connectivity index (χ4n) is 6.42. The molecule has 12 nitrogen and oxygen atoms in total. The topological polar surface area (TPSA) is 151 Å². The third kappa shape index (κ3) is 6.41. The molecule has 240 valence electrons. The zero-order valence-electron chi connectivity index (χ0n) is 26.0. The molecular weight excluding hydrogens is 596 g/mol. The number of piperidine rings is 1. The van der Waals surface area contributed by atoms with Gasteiger partial charge in [0, 0.05) is 43.5 Å². The fourth-order valence-corrected chi connectivity index (χ4v) is 6.42. The largest absolute Gasteiger partial charge is 0.385 e. The standard InChI is InChI=1S/C35H36N8O4/c44-32-10-9-31(33(45)41-32)43-34(46)26-7-6-25(18-27(26)35(43)47)37-13-3-1-2-4-16-42-21-24(19-39-42)30-20-38-28-8-5-23(17-29(28)40-30)22-11-14-36-15-12-22/h5-8,11,17-21,31,36-37H,1-4,9-10,12-16H2,(H,41,44,45). The van der Waals surface area contributed by atoms with Crippen molar-refractivity contribution in [2.75, 3.05) is 25.0 Å². The van der Waals surface area contributed by atoms with Crippen molar-refractivity contribution < 1.29 is 19.2 Å². The van der Waals surface area contributed by atoms with E-state index in [1.807, 2.05) is 29.3 Å². The Morgan fingerprint density at radius 2 is 1.74 bits per heavy atom. The summed E-state index contributed by atoms with van der Waals surface area (Å²) in [6.45, 7) is 3.42. The summed E-state index contributed by atoms with van der Waals surface area (Å²) >= 11 is 0. The Morgan fingerprint density at radius 3 is 2.60 bits per heavy atom. The van der Waals surface area contributed by atoms with Crippen LogP contribution in [0.4, 0.5) is 5.69 Å². The number of rotatable bonds is 11. The Hall–Kier alpha value is -5.23. The predicted octanol–water partition coefficient (Wildman–Crippen LogP) is 3.94. The van der Waals surface area contributed by atoms with Gasteiger partial charge in [-0.05, 0) is 73.7 Å². The molecule has 0 aliphatic carbocycles. The second-order valence-corrected chi connectivity index (χ2v) is 12.2. The van der Waals surface area contributed by atoms with Crippen molar-refractivity contribution in [3.8, 4) is 11.3 Å². The number of anilines is 1. The van der Waals surface area contributed by atoms with Crippen molar-refractivity contribution in [2.24, 2.45) is 0 Å². The first kappa shape index (κ1) is 30.4. The number of carbonyl (C=O) groups excluding carboxylic acids is 4. The molecule has 0 radical (unpaired) electrons. The van der Waals surface area contributed by atoms with Crippen molar-refractivity contribution >= 4 is 45.9 Å². The van der Waals surface area contributed by atoms with Gasteiger partial charge in [0.05, 0.1) is 40.2 Å². The third-order valence-electron chi connectivity index (χ3n) is 8.99. The van der Waals surface area contributed by atoms with Crippen LogP contribution in [-0.4, -0.2) is 74.0 Å². The Balaban J connectivity index is 0.865. The Morgan fingerprint density at radius 1 is 0.872 bits per heavy atom. The van der Waals surface area contributed by atoms with Crippen LogP contribution in [0.15, 0.2) is 61.1 Å². The van der Waals surface area contributed by atoms with Gasteiger partial charge in [0.15, 0.2) is 0 Å². The molecule has 1 atom stereocenters. The monoisotopic (exact) mass is 632 g/mol. The summed E-state index contributed by atoms with van der Waals surface area (Å²) in [6.07, 6.45) is 13.2. The number of amides is 4. The number of hydrogen-bond acceptors (Lipinski definition) is 9. The lowest BCUT2D eigenvalue weighted by atomic mass is 10.00. The molecule has 0 spiro atoms. The molecule has 3 aliphatic heterocycles. The summed E-state index contributed by atoms with van der Waals surface area (Å²) in [7, 11) is 0. The van der Waals surface area contributed by atoms with Crippen LogP contribution in [-0.2, 0) is 16.1 Å². The maximum Gasteiger partial charge on any atom is 0.262 e. The molecule has 12 heteroatoms. The first-order chi connectivity index (χ1) is 22.9. The van der Waals surface area contributed by atoms with Crippen molar-refractivity contribution in [3.63, 3.8) is 0 Å². The number of aromatic nitrogens is 4. The number of hydrogen-bond donors (Lipinski definition) is 3. The van der Waals surface area contributed by atoms with Gasteiger partial charge >= 0.3 is 0 Å². The first-order valence-corrected chi connectivity index (χ1v) is 16.2. The van der Waals surface area contributed by atoms with E-state index < -0.39 is 29.7 Å². The van der Waals surface area contributed by atoms with Crippen LogP contribution in [0.3, 0.4) is 0 Å². The van der Waals surface area contributed by atoms with Crippen molar-refractivity contribution in [1.29, 1.82) is 0 Å². The van der Waals surface area contributed by atoms with Crippen LogP contribution in [0.2, 0.25) is 0 Å². The van der Waals surface area contributed by atoms with Crippen LogP contribution < -0.4 is 16.0 Å². The molecular formula is C35H36N8O4. The maximum absolute atomic E-state index is 13.0. The van der Waals surface area contributed by atoms with Crippen LogP contribution >= 0.6 is 0 Å². The first-order valence-electron chi connectivity index (χ1n) is 16.2. The molecule has 4 aromatic rings. The molecule has 1 fully saturated rings. The van der Waals surface area contributed by atoms with Crippen LogP contribution in [0.1, 0.15) is 71.2 Å². The van der Waals surface area contributed by atoms with Crippen LogP contribution in [0, 0.1) is 0 Å². The summed E-state index contributed by atoms with van der Waals surface area (Å²) < 4.78 is 1.96. The summed E-state index contributed by atoms with van der Waals surface area (Å²) in [5.74, 6) is -2.00. The smallest absolute Gasteiger partial charge is 0.262 e. The highest BCUT2D eigenvalue weighted by molar-refractivity contribution is 6.23. The Bertz CT molecular complexity index is 1910. The Labute approximate surface area is 271 Å². The third-order valence-corrected chi connectivity index (χ3v) is 8.99. The molecule has 1 saturated heterocycles. The minimum Gasteiger partial charge on any atom is -0.385 e. The average Bonchev–Trinajstić information content (AvgIpc) is 3.66. The highest BCUT2D eigenvalue weighted by Gasteiger charge is 2.44. The SMILES string of the molecule is O=C1CCC(N2C(=O)c3ccc(NCCCCCCn4cc(-c5cnc6ccc(C7=CCNCC7)cc6n5)cn4)cc3C2=O)C(=O)N1. The van der Waals surface area contributed by atoms with E-state index in [4.69, 9.17) is 4.98 Å². The van der Waals surface area contributed by atoms with Gasteiger partial charge in [0.2, 0.25) is 11.8 Å². The van der Waals surface area contributed by atoms with Gasteiger partial charge in [-0.3, -0.25) is 39.1 Å². The Kier molecular flexibility index (Phi) is 8.58. The molecule has 0 saturated carbocycles. The summed E-state index contributed by atoms with van der Waals surface area (Å²) in [5, 5.41) is 13.5. The van der Waals surface area contributed by atoms with E-state index >= 15 is 0 Å². The van der Waals surface area contributed by atoms with E-state index in [9.17, 15) is 19.2 Å². The normalized spacial score (nSPS) is 18.0. The molecule has 3 aliphatic rings. The highest BCUT2D eigenvalue weighted by atomic mass is 16.2. The number of imide groups is 2. The lowest BCUT2D eigenvalue weighted by molar-refractivity contribution is -0.136. The van der Waals surface area contributed by atoms with Crippen molar-refractivity contribution in [2.45, 2.75) is 57.5 Å². The van der Waals surface area contributed by atoms with Crippen LogP contribution in [0.25, 0.3) is 27.9 Å². The number of nitrogens with zero attached hydrogens (tertiary/aromatic N) is 5. The minimum absolute atomic E-state index is 0.0955. The summed E-state index contributed by atoms with van der Waals surface area (Å²) in [5.41, 5.74) is 7.37. The van der Waals surface area contributed by atoms with E-state index in [0.29, 0.717) is 0 Å². The quantitative estimate of drug-likeness (QED) is 0.165. The van der Waals surface area contributed by atoms with Gasteiger partial charge in [-0.2, -0.15) is 5.10 Å². The zero-order chi connectivity index (χ0) is 32.3. The second-order valence-electron chi connectivity index (χ2n) is 12.2. The zero-order valence-corrected chi connectivity index (χ0v) is 26.0. The van der Waals surface area contributed by atoms with Gasteiger partial charge in [0.1, 0.15) is 6.04 Å². The van der Waals surface area contributed by atoms with E-state index in [1.54, 1.807) is 18.2 Å². The van der Waals surface area contributed by atoms with Gasteiger partial charge in [0.25, 0.3) is 11.8 Å². The van der Waals surface area contributed by atoms with Gasteiger partial charge in [-0.1, -0.05) is 25.0 Å². The maximum atomic E-state index is 13.0.